The number of methoxy groups -OCH3 is 1. The number of carbonyl (C=O) groups excluding carboxylic acids is 1. The lowest BCUT2D eigenvalue weighted by molar-refractivity contribution is -0.122. The van der Waals surface area contributed by atoms with Gasteiger partial charge in [0.15, 0.2) is 11.5 Å². The topological polar surface area (TPSA) is 73.4 Å². The molecule has 1 aromatic carbocycles. The van der Waals surface area contributed by atoms with Crippen LogP contribution in [-0.4, -0.2) is 32.2 Å². The number of hydrogen-bond acceptors (Lipinski definition) is 4. The van der Waals surface area contributed by atoms with Crippen molar-refractivity contribution >= 4 is 22.5 Å². The Morgan fingerprint density at radius 2 is 1.97 bits per heavy atom. The normalized spacial score (nSPS) is 12.6. The Hall–Kier alpha value is -3.35. The van der Waals surface area contributed by atoms with Crippen LogP contribution in [0.4, 0.5) is 0 Å². The lowest BCUT2D eigenvalue weighted by atomic mass is 10.0. The number of hydrogen-bond donors (Lipinski definition) is 1. The van der Waals surface area contributed by atoms with Crippen molar-refractivity contribution in [3.63, 3.8) is 0 Å². The molecule has 3 heterocycles. The van der Waals surface area contributed by atoms with Crippen LogP contribution in [0.25, 0.3) is 16.6 Å². The van der Waals surface area contributed by atoms with Crippen LogP contribution >= 0.6 is 0 Å². The van der Waals surface area contributed by atoms with Crippen LogP contribution in [0, 0.1) is 5.92 Å². The van der Waals surface area contributed by atoms with Gasteiger partial charge in [0.25, 0.3) is 0 Å². The van der Waals surface area contributed by atoms with Crippen molar-refractivity contribution < 1.29 is 9.53 Å². The van der Waals surface area contributed by atoms with E-state index < -0.39 is 0 Å². The van der Waals surface area contributed by atoms with Gasteiger partial charge >= 0.3 is 0 Å². The molecule has 7 heteroatoms. The van der Waals surface area contributed by atoms with Gasteiger partial charge in [0.05, 0.1) is 18.7 Å². The summed E-state index contributed by atoms with van der Waals surface area (Å²) in [7, 11) is 1.65. The molecule has 4 aromatic rings. The monoisotopic (exact) mass is 391 g/mol. The lowest BCUT2D eigenvalue weighted by Crippen LogP contribution is -2.33. The Balaban J connectivity index is 1.58. The number of ether oxygens (including phenoxy) is 1. The Morgan fingerprint density at radius 1 is 1.10 bits per heavy atom. The fourth-order valence-electron chi connectivity index (χ4n) is 3.70. The van der Waals surface area contributed by atoms with Gasteiger partial charge in [-0.3, -0.25) is 9.20 Å². The summed E-state index contributed by atoms with van der Waals surface area (Å²) >= 11 is 0. The molecule has 0 aliphatic heterocycles. The first-order valence-electron chi connectivity index (χ1n) is 9.77. The van der Waals surface area contributed by atoms with Crippen LogP contribution in [0.3, 0.4) is 0 Å². The first-order valence-corrected chi connectivity index (χ1v) is 9.77. The van der Waals surface area contributed by atoms with Gasteiger partial charge in [-0.05, 0) is 42.7 Å². The predicted molar refractivity (Wildman–Crippen MR) is 112 cm³/mol. The maximum atomic E-state index is 12.9. The molecule has 1 atom stereocenters. The molecule has 1 N–H and O–H groups in total. The van der Waals surface area contributed by atoms with E-state index in [-0.39, 0.29) is 18.5 Å². The van der Waals surface area contributed by atoms with Gasteiger partial charge in [-0.15, -0.1) is 10.2 Å². The molecule has 4 rings (SSSR count). The van der Waals surface area contributed by atoms with Crippen LogP contribution in [0.1, 0.15) is 32.1 Å². The molecule has 3 aromatic heterocycles. The van der Waals surface area contributed by atoms with Gasteiger partial charge in [-0.2, -0.15) is 0 Å². The summed E-state index contributed by atoms with van der Waals surface area (Å²) in [6.07, 6.45) is 4.62. The van der Waals surface area contributed by atoms with Crippen molar-refractivity contribution in [3.8, 4) is 5.75 Å². The summed E-state index contributed by atoms with van der Waals surface area (Å²) < 4.78 is 9.28. The first-order chi connectivity index (χ1) is 14.1. The van der Waals surface area contributed by atoms with Crippen LogP contribution in [0.2, 0.25) is 0 Å². The fraction of sp³-hybridized carbons (Fsp3) is 0.318. The van der Waals surface area contributed by atoms with Gasteiger partial charge in [0.1, 0.15) is 12.3 Å². The second-order valence-electron chi connectivity index (χ2n) is 7.57. The number of pyridine rings is 1. The van der Waals surface area contributed by atoms with Gasteiger partial charge < -0.3 is 14.6 Å². The van der Waals surface area contributed by atoms with E-state index in [0.29, 0.717) is 5.92 Å². The average Bonchev–Trinajstić information content (AvgIpc) is 3.31. The Labute approximate surface area is 169 Å². The smallest absolute Gasteiger partial charge is 0.240 e. The largest absolute Gasteiger partial charge is 0.496 e. The van der Waals surface area contributed by atoms with Crippen LogP contribution in [-0.2, 0) is 11.3 Å². The summed E-state index contributed by atoms with van der Waals surface area (Å²) in [5.41, 5.74) is 1.74. The third-order valence-electron chi connectivity index (χ3n) is 5.00. The van der Waals surface area contributed by atoms with Crippen molar-refractivity contribution in [2.45, 2.75) is 32.9 Å². The summed E-state index contributed by atoms with van der Waals surface area (Å²) in [4.78, 5) is 12.9. The minimum absolute atomic E-state index is 0.0661. The maximum Gasteiger partial charge on any atom is 0.240 e. The second kappa shape index (κ2) is 7.95. The zero-order valence-corrected chi connectivity index (χ0v) is 16.9. The van der Waals surface area contributed by atoms with Crippen LogP contribution in [0.15, 0.2) is 54.9 Å². The number of fused-ring (bicyclic) bond motifs is 2. The van der Waals surface area contributed by atoms with E-state index in [4.69, 9.17) is 4.74 Å². The number of nitrogens with one attached hydrogen (secondary N) is 1. The number of carbonyl (C=O) groups is 1. The highest BCUT2D eigenvalue weighted by atomic mass is 16.5. The Morgan fingerprint density at radius 3 is 2.76 bits per heavy atom. The number of aromatic nitrogens is 4. The van der Waals surface area contributed by atoms with E-state index >= 15 is 0 Å². The minimum atomic E-state index is -0.212. The predicted octanol–water partition coefficient (Wildman–Crippen LogP) is 3.60. The number of rotatable bonds is 7. The number of benzene rings is 1. The molecule has 0 bridgehead atoms. The minimum Gasteiger partial charge on any atom is -0.496 e. The van der Waals surface area contributed by atoms with E-state index in [1.165, 1.54) is 0 Å². The Kier molecular flexibility index (Phi) is 5.20. The molecule has 0 saturated carbocycles. The average molecular weight is 391 g/mol. The molecule has 0 saturated heterocycles. The molecule has 0 aliphatic rings. The SMILES string of the molecule is COc1cccc2c1ccn2CC(=O)N[C@@H](CC(C)C)c1nnc2ccccn12. The van der Waals surface area contributed by atoms with Crippen LogP contribution in [0.5, 0.6) is 5.75 Å². The summed E-state index contributed by atoms with van der Waals surface area (Å²) in [5.74, 6) is 1.88. The maximum absolute atomic E-state index is 12.9. The molecule has 1 amide bonds. The number of amides is 1. The fourth-order valence-corrected chi connectivity index (χ4v) is 3.70. The van der Waals surface area contributed by atoms with Crippen molar-refractivity contribution in [2.24, 2.45) is 5.92 Å². The summed E-state index contributed by atoms with van der Waals surface area (Å²) in [6.45, 7) is 4.49. The van der Waals surface area contributed by atoms with Crippen molar-refractivity contribution in [1.29, 1.82) is 0 Å². The molecule has 0 radical (unpaired) electrons. The molecule has 150 valence electrons. The van der Waals surface area contributed by atoms with Gasteiger partial charge in [0.2, 0.25) is 5.91 Å². The lowest BCUT2D eigenvalue weighted by Gasteiger charge is -2.19. The van der Waals surface area contributed by atoms with Crippen LogP contribution < -0.4 is 10.1 Å². The standard InChI is InChI=1S/C22H25N5O2/c1-15(2)13-17(22-25-24-20-9-4-5-11-27(20)22)23-21(28)14-26-12-10-16-18(26)7-6-8-19(16)29-3/h4-12,15,17H,13-14H2,1-3H3,(H,23,28)/t17-/m0/s1. The molecule has 29 heavy (non-hydrogen) atoms. The highest BCUT2D eigenvalue weighted by Crippen LogP contribution is 2.26. The van der Waals surface area contributed by atoms with E-state index in [9.17, 15) is 4.79 Å². The summed E-state index contributed by atoms with van der Waals surface area (Å²) in [6, 6.07) is 13.4. The molecule has 0 aliphatic carbocycles. The highest BCUT2D eigenvalue weighted by Gasteiger charge is 2.22. The molecule has 0 fully saturated rings. The van der Waals surface area contributed by atoms with Gasteiger partial charge in [-0.1, -0.05) is 26.0 Å². The third-order valence-corrected chi connectivity index (χ3v) is 5.00. The van der Waals surface area contributed by atoms with E-state index in [1.807, 2.05) is 63.8 Å². The zero-order chi connectivity index (χ0) is 20.4. The van der Waals surface area contributed by atoms with E-state index in [1.54, 1.807) is 7.11 Å². The van der Waals surface area contributed by atoms with Crippen molar-refractivity contribution in [3.05, 3.63) is 60.7 Å². The molecule has 0 unspecified atom stereocenters. The molecule has 7 nitrogen and oxygen atoms in total. The zero-order valence-electron chi connectivity index (χ0n) is 16.9. The highest BCUT2D eigenvalue weighted by molar-refractivity contribution is 5.88. The van der Waals surface area contributed by atoms with Gasteiger partial charge in [0, 0.05) is 17.8 Å². The first kappa shape index (κ1) is 19.0. The van der Waals surface area contributed by atoms with E-state index in [2.05, 4.69) is 29.4 Å². The van der Waals surface area contributed by atoms with Gasteiger partial charge in [-0.25, -0.2) is 0 Å². The molecule has 0 spiro atoms. The second-order valence-corrected chi connectivity index (χ2v) is 7.57. The van der Waals surface area contributed by atoms with Crippen molar-refractivity contribution in [1.82, 2.24) is 24.5 Å². The Bertz CT molecular complexity index is 1140. The molecular formula is C22H25N5O2. The summed E-state index contributed by atoms with van der Waals surface area (Å²) in [5, 5.41) is 12.7. The molecular weight excluding hydrogens is 366 g/mol. The van der Waals surface area contributed by atoms with E-state index in [0.717, 1.165) is 34.5 Å². The number of nitrogens with zero attached hydrogens (tertiary/aromatic N) is 4. The van der Waals surface area contributed by atoms with Crippen molar-refractivity contribution in [2.75, 3.05) is 7.11 Å². The quantitative estimate of drug-likeness (QED) is 0.522. The third kappa shape index (κ3) is 3.81.